The van der Waals surface area contributed by atoms with Gasteiger partial charge in [0.05, 0.1) is 19.0 Å². The highest BCUT2D eigenvalue weighted by molar-refractivity contribution is 6.30. The summed E-state index contributed by atoms with van der Waals surface area (Å²) in [6.07, 6.45) is 2.97. The van der Waals surface area contributed by atoms with Crippen LogP contribution in [0.3, 0.4) is 0 Å². The molecule has 3 aromatic rings. The number of benzene rings is 2. The van der Waals surface area contributed by atoms with E-state index in [-0.39, 0.29) is 41.7 Å². The normalized spacial score (nSPS) is 21.7. The average molecular weight is 551 g/mol. The molecule has 1 aliphatic heterocycles. The quantitative estimate of drug-likeness (QED) is 0.362. The summed E-state index contributed by atoms with van der Waals surface area (Å²) in [6, 6.07) is 12.3. The van der Waals surface area contributed by atoms with E-state index in [1.807, 2.05) is 11.0 Å². The molecule has 1 saturated carbocycles. The molecule has 7 nitrogen and oxygen atoms in total. The third-order valence-electron chi connectivity index (χ3n) is 8.25. The van der Waals surface area contributed by atoms with Gasteiger partial charge in [0, 0.05) is 34.3 Å². The number of carbonyl (C=O) groups excluding carboxylic acids is 3. The molecule has 0 radical (unpaired) electrons. The molecule has 1 aliphatic carbocycles. The molecule has 2 fully saturated rings. The molecule has 0 unspecified atom stereocenters. The minimum Gasteiger partial charge on any atom is -0.497 e. The number of hydrogen-bond donors (Lipinski definition) is 0. The van der Waals surface area contributed by atoms with Gasteiger partial charge in [-0.3, -0.25) is 19.0 Å². The van der Waals surface area contributed by atoms with Crippen LogP contribution in [0.1, 0.15) is 61.6 Å². The van der Waals surface area contributed by atoms with Gasteiger partial charge < -0.3 is 14.4 Å². The van der Waals surface area contributed by atoms with E-state index in [0.29, 0.717) is 39.7 Å². The van der Waals surface area contributed by atoms with E-state index < -0.39 is 5.97 Å². The van der Waals surface area contributed by atoms with E-state index in [0.717, 1.165) is 24.6 Å². The van der Waals surface area contributed by atoms with Crippen molar-refractivity contribution in [1.29, 1.82) is 0 Å². The fourth-order valence-electron chi connectivity index (χ4n) is 6.97. The number of halogens is 1. The Morgan fingerprint density at radius 3 is 2.46 bits per heavy atom. The van der Waals surface area contributed by atoms with Crippen molar-refractivity contribution in [3.63, 3.8) is 0 Å². The molecule has 2 heterocycles. The first-order chi connectivity index (χ1) is 18.4. The SMILES string of the molecule is COc1ccc2c(c1)c(CC(=O)OCC(=O)N1C[C@@]3(C)C[C@@H]1CC(C)(C)C3)c(C)n2C(=O)c1ccc(Cl)cc1. The molecule has 5 rings (SSSR count). The lowest BCUT2D eigenvalue weighted by Gasteiger charge is -2.39. The van der Waals surface area contributed by atoms with Crippen molar-refractivity contribution in [2.75, 3.05) is 20.3 Å². The van der Waals surface area contributed by atoms with Crippen LogP contribution in [-0.4, -0.2) is 53.6 Å². The van der Waals surface area contributed by atoms with Crippen LogP contribution in [0.4, 0.5) is 0 Å². The Morgan fingerprint density at radius 2 is 1.77 bits per heavy atom. The van der Waals surface area contributed by atoms with Crippen LogP contribution in [0.2, 0.25) is 5.02 Å². The van der Waals surface area contributed by atoms with Gasteiger partial charge in [0.2, 0.25) is 0 Å². The third-order valence-corrected chi connectivity index (χ3v) is 8.50. The van der Waals surface area contributed by atoms with Crippen LogP contribution in [0, 0.1) is 17.8 Å². The van der Waals surface area contributed by atoms with Gasteiger partial charge in [-0.2, -0.15) is 0 Å². The molecule has 39 heavy (non-hydrogen) atoms. The maximum atomic E-state index is 13.5. The number of methoxy groups -OCH3 is 1. The van der Waals surface area contributed by atoms with Gasteiger partial charge in [0.1, 0.15) is 5.75 Å². The van der Waals surface area contributed by atoms with Crippen molar-refractivity contribution < 1.29 is 23.9 Å². The summed E-state index contributed by atoms with van der Waals surface area (Å²) < 4.78 is 12.5. The van der Waals surface area contributed by atoms with Crippen LogP contribution >= 0.6 is 11.6 Å². The number of likely N-dealkylation sites (tertiary alicyclic amines) is 1. The van der Waals surface area contributed by atoms with Crippen LogP contribution in [0.5, 0.6) is 5.75 Å². The van der Waals surface area contributed by atoms with Gasteiger partial charge in [0.15, 0.2) is 6.61 Å². The Morgan fingerprint density at radius 1 is 1.05 bits per heavy atom. The number of hydrogen-bond acceptors (Lipinski definition) is 5. The average Bonchev–Trinajstić information content (AvgIpc) is 3.30. The first-order valence-corrected chi connectivity index (χ1v) is 13.7. The maximum Gasteiger partial charge on any atom is 0.310 e. The largest absolute Gasteiger partial charge is 0.497 e. The van der Waals surface area contributed by atoms with Crippen molar-refractivity contribution in [1.82, 2.24) is 9.47 Å². The van der Waals surface area contributed by atoms with Gasteiger partial charge in [-0.1, -0.05) is 32.4 Å². The van der Waals surface area contributed by atoms with Crippen LogP contribution in [-0.2, 0) is 20.7 Å². The Bertz CT molecular complexity index is 1460. The Hall–Kier alpha value is -3.32. The van der Waals surface area contributed by atoms with Gasteiger partial charge in [-0.25, -0.2) is 0 Å². The number of carbonyl (C=O) groups is 3. The fourth-order valence-corrected chi connectivity index (χ4v) is 7.09. The molecule has 1 saturated heterocycles. The van der Waals surface area contributed by atoms with Crippen molar-refractivity contribution >= 4 is 40.3 Å². The lowest BCUT2D eigenvalue weighted by atomic mass is 9.65. The smallest absolute Gasteiger partial charge is 0.310 e. The number of nitrogens with zero attached hydrogens (tertiary/aromatic N) is 2. The van der Waals surface area contributed by atoms with Gasteiger partial charge in [0.25, 0.3) is 11.8 Å². The lowest BCUT2D eigenvalue weighted by molar-refractivity contribution is -0.152. The van der Waals surface area contributed by atoms with E-state index in [2.05, 4.69) is 20.8 Å². The van der Waals surface area contributed by atoms with Gasteiger partial charge >= 0.3 is 5.97 Å². The minimum atomic E-state index is -0.513. The molecule has 1 amide bonds. The number of fused-ring (bicyclic) bond motifs is 3. The summed E-state index contributed by atoms with van der Waals surface area (Å²) in [5, 5.41) is 1.26. The highest BCUT2D eigenvalue weighted by Crippen LogP contribution is 2.52. The van der Waals surface area contributed by atoms with E-state index in [4.69, 9.17) is 21.1 Å². The van der Waals surface area contributed by atoms with Crippen molar-refractivity contribution in [3.05, 3.63) is 64.3 Å². The highest BCUT2D eigenvalue weighted by atomic mass is 35.5. The predicted octanol–water partition coefficient (Wildman–Crippen LogP) is 5.81. The molecule has 206 valence electrons. The summed E-state index contributed by atoms with van der Waals surface area (Å²) in [5.41, 5.74) is 2.73. The van der Waals surface area contributed by atoms with Gasteiger partial charge in [-0.15, -0.1) is 0 Å². The number of ether oxygens (including phenoxy) is 2. The lowest BCUT2D eigenvalue weighted by Crippen LogP contribution is -2.40. The Labute approximate surface area is 234 Å². The Kier molecular flexibility index (Phi) is 7.00. The van der Waals surface area contributed by atoms with Crippen LogP contribution < -0.4 is 4.74 Å². The van der Waals surface area contributed by atoms with Crippen LogP contribution in [0.25, 0.3) is 10.9 Å². The third kappa shape index (κ3) is 5.29. The predicted molar refractivity (Wildman–Crippen MR) is 150 cm³/mol. The molecule has 2 aromatic carbocycles. The molecule has 0 N–H and O–H groups in total. The standard InChI is InChI=1S/C31H35ClN2O5/c1-19-24(13-28(36)39-16-27(35)33-18-31(4)15-22(33)14-30(2,3)17-31)25-12-23(38-5)10-11-26(25)34(19)29(37)20-6-8-21(32)9-7-20/h6-12,22H,13-18H2,1-5H3/t22-,31-/m0/s1. The summed E-state index contributed by atoms with van der Waals surface area (Å²) in [4.78, 5) is 41.5. The summed E-state index contributed by atoms with van der Waals surface area (Å²) >= 11 is 6.01. The van der Waals surface area contributed by atoms with Crippen LogP contribution in [0.15, 0.2) is 42.5 Å². The Balaban J connectivity index is 1.35. The topological polar surface area (TPSA) is 77.8 Å². The first-order valence-electron chi connectivity index (χ1n) is 13.3. The number of rotatable bonds is 6. The molecule has 1 aromatic heterocycles. The van der Waals surface area contributed by atoms with Gasteiger partial charge in [-0.05, 0) is 85.0 Å². The van der Waals surface area contributed by atoms with E-state index in [1.54, 1.807) is 55.0 Å². The molecule has 2 bridgehead atoms. The molecule has 0 spiro atoms. The second-order valence-electron chi connectivity index (χ2n) is 12.2. The molecular weight excluding hydrogens is 516 g/mol. The zero-order valence-corrected chi connectivity index (χ0v) is 23.9. The summed E-state index contributed by atoms with van der Waals surface area (Å²) in [5.74, 6) is -0.278. The monoisotopic (exact) mass is 550 g/mol. The molecule has 2 aliphatic rings. The fraction of sp³-hybridized carbons (Fsp3) is 0.452. The minimum absolute atomic E-state index is 0.0716. The molecular formula is C31H35ClN2O5. The van der Waals surface area contributed by atoms with Crippen molar-refractivity contribution in [3.8, 4) is 5.75 Å². The summed E-state index contributed by atoms with van der Waals surface area (Å²) in [7, 11) is 1.57. The second kappa shape index (κ2) is 10.0. The summed E-state index contributed by atoms with van der Waals surface area (Å²) in [6.45, 7) is 9.00. The zero-order chi connectivity index (χ0) is 28.1. The molecule has 8 heteroatoms. The number of amides is 1. The zero-order valence-electron chi connectivity index (χ0n) is 23.2. The number of esters is 1. The maximum absolute atomic E-state index is 13.5. The van der Waals surface area contributed by atoms with E-state index in [9.17, 15) is 14.4 Å². The van der Waals surface area contributed by atoms with Crippen molar-refractivity contribution in [2.45, 2.75) is 59.4 Å². The molecule has 2 atom stereocenters. The van der Waals surface area contributed by atoms with E-state index in [1.165, 1.54) is 0 Å². The van der Waals surface area contributed by atoms with Crippen molar-refractivity contribution in [2.24, 2.45) is 10.8 Å². The van der Waals surface area contributed by atoms with E-state index >= 15 is 0 Å². The number of aromatic nitrogens is 1. The highest BCUT2D eigenvalue weighted by Gasteiger charge is 2.51. The first kappa shape index (κ1) is 27.3. The second-order valence-corrected chi connectivity index (χ2v) is 12.6.